The summed E-state index contributed by atoms with van der Waals surface area (Å²) in [5.41, 5.74) is 7.76. The zero-order valence-electron chi connectivity index (χ0n) is 10.7. The van der Waals surface area contributed by atoms with Crippen molar-refractivity contribution in [2.45, 2.75) is 32.9 Å². The van der Waals surface area contributed by atoms with Gasteiger partial charge in [0.1, 0.15) is 17.4 Å². The normalized spacial score (nSPS) is 10.9. The molecule has 0 saturated carbocycles. The molecular weight excluding hydrogens is 244 g/mol. The first-order valence-corrected chi connectivity index (χ1v) is 6.93. The van der Waals surface area contributed by atoms with E-state index >= 15 is 0 Å². The topological polar surface area (TPSA) is 48.1 Å². The van der Waals surface area contributed by atoms with Crippen molar-refractivity contribution in [1.29, 1.82) is 0 Å². The summed E-state index contributed by atoms with van der Waals surface area (Å²) >= 11 is 1.59. The number of aromatic nitrogens is 1. The number of rotatable bonds is 5. The van der Waals surface area contributed by atoms with Crippen LogP contribution in [0.25, 0.3) is 0 Å². The van der Waals surface area contributed by atoms with E-state index in [2.05, 4.69) is 31.0 Å². The Labute approximate surface area is 112 Å². The molecule has 1 heterocycles. The quantitative estimate of drug-likeness (QED) is 0.899. The van der Waals surface area contributed by atoms with Crippen molar-refractivity contribution in [1.82, 2.24) is 4.98 Å². The molecule has 0 unspecified atom stereocenters. The van der Waals surface area contributed by atoms with Crippen LogP contribution in [-0.2, 0) is 13.2 Å². The summed E-state index contributed by atoms with van der Waals surface area (Å²) in [5, 5.41) is 2.93. The lowest BCUT2D eigenvalue weighted by molar-refractivity contribution is 0.305. The van der Waals surface area contributed by atoms with Crippen molar-refractivity contribution < 1.29 is 4.74 Å². The third-order valence-electron chi connectivity index (χ3n) is 2.72. The fourth-order valence-electron chi connectivity index (χ4n) is 1.60. The molecule has 0 saturated heterocycles. The van der Waals surface area contributed by atoms with Crippen LogP contribution in [0.5, 0.6) is 5.75 Å². The first-order valence-electron chi connectivity index (χ1n) is 6.05. The molecule has 1 aromatic carbocycles. The molecule has 2 aromatic rings. The van der Waals surface area contributed by atoms with Crippen molar-refractivity contribution in [2.24, 2.45) is 5.73 Å². The highest BCUT2D eigenvalue weighted by Crippen LogP contribution is 2.20. The minimum absolute atomic E-state index is 0.486. The van der Waals surface area contributed by atoms with Gasteiger partial charge in [-0.3, -0.25) is 0 Å². The van der Waals surface area contributed by atoms with Crippen molar-refractivity contribution in [3.63, 3.8) is 0 Å². The van der Waals surface area contributed by atoms with Gasteiger partial charge in [0.05, 0.1) is 5.69 Å². The number of nitrogens with zero attached hydrogens (tertiary/aromatic N) is 1. The second-order valence-electron chi connectivity index (χ2n) is 4.45. The van der Waals surface area contributed by atoms with Crippen molar-refractivity contribution in [2.75, 3.05) is 0 Å². The van der Waals surface area contributed by atoms with E-state index in [4.69, 9.17) is 10.5 Å². The van der Waals surface area contributed by atoms with E-state index in [1.54, 1.807) is 11.3 Å². The lowest BCUT2D eigenvalue weighted by atomic mass is 10.0. The molecule has 0 fully saturated rings. The summed E-state index contributed by atoms with van der Waals surface area (Å²) < 4.78 is 5.69. The predicted octanol–water partition coefficient (Wildman–Crippen LogP) is 3.30. The Kier molecular flexibility index (Phi) is 4.33. The van der Waals surface area contributed by atoms with Gasteiger partial charge in [-0.05, 0) is 23.6 Å². The smallest absolute Gasteiger partial charge is 0.140 e. The molecule has 18 heavy (non-hydrogen) atoms. The largest absolute Gasteiger partial charge is 0.486 e. The molecule has 4 heteroatoms. The van der Waals surface area contributed by atoms with Crippen LogP contribution in [0.1, 0.15) is 36.0 Å². The molecule has 2 rings (SSSR count). The van der Waals surface area contributed by atoms with E-state index in [0.29, 0.717) is 19.1 Å². The van der Waals surface area contributed by atoms with Crippen molar-refractivity contribution in [3.8, 4) is 5.75 Å². The second-order valence-corrected chi connectivity index (χ2v) is 5.39. The van der Waals surface area contributed by atoms with Crippen LogP contribution in [0.15, 0.2) is 29.6 Å². The summed E-state index contributed by atoms with van der Waals surface area (Å²) in [7, 11) is 0. The highest BCUT2D eigenvalue weighted by atomic mass is 32.1. The van der Waals surface area contributed by atoms with Gasteiger partial charge < -0.3 is 10.5 Å². The maximum absolute atomic E-state index is 5.69. The minimum atomic E-state index is 0.486. The first-order chi connectivity index (χ1) is 8.69. The highest BCUT2D eigenvalue weighted by molar-refractivity contribution is 7.09. The number of nitrogens with two attached hydrogens (primary N) is 1. The Balaban J connectivity index is 1.93. The standard InChI is InChI=1S/C14H18N2OS/c1-10(2)11-3-5-13(6-4-11)17-8-14-16-12(7-15)9-18-14/h3-6,9-10H,7-8,15H2,1-2H3. The molecule has 1 aromatic heterocycles. The van der Waals surface area contributed by atoms with Gasteiger partial charge >= 0.3 is 0 Å². The van der Waals surface area contributed by atoms with Gasteiger partial charge in [0.2, 0.25) is 0 Å². The molecule has 0 aliphatic heterocycles. The lowest BCUT2D eigenvalue weighted by Crippen LogP contribution is -1.99. The van der Waals surface area contributed by atoms with Crippen molar-refractivity contribution in [3.05, 3.63) is 45.9 Å². The molecule has 0 aliphatic rings. The monoisotopic (exact) mass is 262 g/mol. The fourth-order valence-corrected chi connectivity index (χ4v) is 2.32. The lowest BCUT2D eigenvalue weighted by Gasteiger charge is -2.07. The maximum Gasteiger partial charge on any atom is 0.140 e. The number of ether oxygens (including phenoxy) is 1. The van der Waals surface area contributed by atoms with E-state index in [9.17, 15) is 0 Å². The molecule has 0 radical (unpaired) electrons. The van der Waals surface area contributed by atoms with Gasteiger partial charge in [0.25, 0.3) is 0 Å². The number of thiazole rings is 1. The summed E-state index contributed by atoms with van der Waals surface area (Å²) in [6.45, 7) is 5.35. The Hall–Kier alpha value is -1.39. The van der Waals surface area contributed by atoms with E-state index < -0.39 is 0 Å². The van der Waals surface area contributed by atoms with Crippen LogP contribution in [0.4, 0.5) is 0 Å². The number of hydrogen-bond donors (Lipinski definition) is 1. The van der Waals surface area contributed by atoms with Crippen LogP contribution in [0, 0.1) is 0 Å². The van der Waals surface area contributed by atoms with Crippen molar-refractivity contribution >= 4 is 11.3 Å². The third-order valence-corrected chi connectivity index (χ3v) is 3.59. The molecular formula is C14H18N2OS. The Bertz CT molecular complexity index is 491. The maximum atomic E-state index is 5.69. The van der Waals surface area contributed by atoms with E-state index in [1.165, 1.54) is 5.56 Å². The number of benzene rings is 1. The second kappa shape index (κ2) is 5.98. The molecule has 0 aliphatic carbocycles. The van der Waals surface area contributed by atoms with Gasteiger partial charge in [0, 0.05) is 11.9 Å². The predicted molar refractivity (Wildman–Crippen MR) is 74.9 cm³/mol. The van der Waals surface area contributed by atoms with Crippen LogP contribution in [0.2, 0.25) is 0 Å². The summed E-state index contributed by atoms with van der Waals surface area (Å²) in [6, 6.07) is 8.22. The molecule has 0 atom stereocenters. The average Bonchev–Trinajstić information content (AvgIpc) is 2.85. The summed E-state index contributed by atoms with van der Waals surface area (Å²) in [4.78, 5) is 4.36. The van der Waals surface area contributed by atoms with Crippen LogP contribution >= 0.6 is 11.3 Å². The van der Waals surface area contributed by atoms with E-state index in [1.807, 2.05) is 17.5 Å². The Morgan fingerprint density at radius 1 is 1.28 bits per heavy atom. The van der Waals surface area contributed by atoms with Gasteiger partial charge in [0.15, 0.2) is 0 Å². The summed E-state index contributed by atoms with van der Waals surface area (Å²) in [6.07, 6.45) is 0. The van der Waals surface area contributed by atoms with E-state index in [-0.39, 0.29) is 0 Å². The summed E-state index contributed by atoms with van der Waals surface area (Å²) in [5.74, 6) is 1.43. The van der Waals surface area contributed by atoms with E-state index in [0.717, 1.165) is 16.5 Å². The Morgan fingerprint density at radius 3 is 2.56 bits per heavy atom. The first kappa shape index (κ1) is 13.1. The molecule has 3 nitrogen and oxygen atoms in total. The molecule has 0 bridgehead atoms. The molecule has 0 amide bonds. The van der Waals surface area contributed by atoms with Crippen LogP contribution < -0.4 is 10.5 Å². The van der Waals surface area contributed by atoms with Gasteiger partial charge in [-0.15, -0.1) is 11.3 Å². The molecule has 2 N–H and O–H groups in total. The third kappa shape index (κ3) is 3.31. The minimum Gasteiger partial charge on any atom is -0.486 e. The fraction of sp³-hybridized carbons (Fsp3) is 0.357. The van der Waals surface area contributed by atoms with Gasteiger partial charge in [-0.25, -0.2) is 4.98 Å². The van der Waals surface area contributed by atoms with Crippen LogP contribution in [-0.4, -0.2) is 4.98 Å². The molecule has 0 spiro atoms. The Morgan fingerprint density at radius 2 is 2.00 bits per heavy atom. The highest BCUT2D eigenvalue weighted by Gasteiger charge is 2.03. The zero-order chi connectivity index (χ0) is 13.0. The zero-order valence-corrected chi connectivity index (χ0v) is 11.5. The van der Waals surface area contributed by atoms with Gasteiger partial charge in [-0.2, -0.15) is 0 Å². The SMILES string of the molecule is CC(C)c1ccc(OCc2nc(CN)cs2)cc1. The van der Waals surface area contributed by atoms with Gasteiger partial charge in [-0.1, -0.05) is 26.0 Å². The van der Waals surface area contributed by atoms with Crippen LogP contribution in [0.3, 0.4) is 0 Å². The molecule has 96 valence electrons. The number of hydrogen-bond acceptors (Lipinski definition) is 4. The average molecular weight is 262 g/mol.